The van der Waals surface area contributed by atoms with E-state index in [4.69, 9.17) is 0 Å². The van der Waals surface area contributed by atoms with Crippen molar-refractivity contribution in [2.24, 2.45) is 0 Å². The molecule has 96 valence electrons. The number of benzene rings is 1. The summed E-state index contributed by atoms with van der Waals surface area (Å²) in [6.45, 7) is 1.67. The highest BCUT2D eigenvalue weighted by molar-refractivity contribution is 5.93. The van der Waals surface area contributed by atoms with Crippen molar-refractivity contribution >= 4 is 17.6 Å². The van der Waals surface area contributed by atoms with Crippen molar-refractivity contribution < 1.29 is 9.59 Å². The topological polar surface area (TPSA) is 70.2 Å². The number of anilines is 1. The van der Waals surface area contributed by atoms with Gasteiger partial charge in [-0.15, -0.1) is 0 Å². The summed E-state index contributed by atoms with van der Waals surface area (Å²) in [6, 6.07) is 8.50. The summed E-state index contributed by atoms with van der Waals surface area (Å²) in [6.07, 6.45) is 2.07. The Labute approximate surface area is 106 Å². The number of hydrogen-bond acceptors (Lipinski definition) is 2. The predicted octanol–water partition coefficient (Wildman–Crippen LogP) is 1.48. The number of carbonyl (C=O) groups is 2. The van der Waals surface area contributed by atoms with Gasteiger partial charge >= 0.3 is 6.03 Å². The van der Waals surface area contributed by atoms with Crippen LogP contribution in [0.3, 0.4) is 0 Å². The van der Waals surface area contributed by atoms with Crippen LogP contribution in [-0.2, 0) is 4.79 Å². The van der Waals surface area contributed by atoms with Crippen LogP contribution in [0.5, 0.6) is 0 Å². The molecule has 0 aliphatic heterocycles. The van der Waals surface area contributed by atoms with Crippen LogP contribution < -0.4 is 16.0 Å². The Kier molecular flexibility index (Phi) is 3.82. The molecular weight excluding hydrogens is 230 g/mol. The largest absolute Gasteiger partial charge is 0.352 e. The van der Waals surface area contributed by atoms with Crippen LogP contribution in [-0.4, -0.2) is 24.0 Å². The lowest BCUT2D eigenvalue weighted by Gasteiger charge is -2.14. The number of rotatable bonds is 4. The normalized spacial score (nSPS) is 15.6. The van der Waals surface area contributed by atoms with Crippen molar-refractivity contribution in [1.82, 2.24) is 10.6 Å². The van der Waals surface area contributed by atoms with Gasteiger partial charge in [0.15, 0.2) is 0 Å². The van der Waals surface area contributed by atoms with Gasteiger partial charge < -0.3 is 16.0 Å². The van der Waals surface area contributed by atoms with Gasteiger partial charge in [-0.05, 0) is 31.9 Å². The number of amides is 3. The highest BCUT2D eigenvalue weighted by Crippen LogP contribution is 2.18. The first kappa shape index (κ1) is 12.4. The van der Waals surface area contributed by atoms with E-state index in [0.29, 0.717) is 11.7 Å². The summed E-state index contributed by atoms with van der Waals surface area (Å²) in [5.41, 5.74) is 0.699. The van der Waals surface area contributed by atoms with Crippen LogP contribution in [0.25, 0.3) is 0 Å². The molecule has 3 amide bonds. The van der Waals surface area contributed by atoms with E-state index in [1.165, 1.54) is 0 Å². The first-order valence-corrected chi connectivity index (χ1v) is 6.08. The quantitative estimate of drug-likeness (QED) is 0.754. The van der Waals surface area contributed by atoms with E-state index < -0.39 is 6.04 Å². The molecule has 1 saturated carbocycles. The zero-order valence-electron chi connectivity index (χ0n) is 10.3. The Morgan fingerprint density at radius 1 is 1.22 bits per heavy atom. The van der Waals surface area contributed by atoms with E-state index in [1.54, 1.807) is 19.1 Å². The van der Waals surface area contributed by atoms with Crippen molar-refractivity contribution in [3.63, 3.8) is 0 Å². The molecule has 3 N–H and O–H groups in total. The first-order valence-electron chi connectivity index (χ1n) is 6.08. The Morgan fingerprint density at radius 2 is 1.89 bits per heavy atom. The van der Waals surface area contributed by atoms with Gasteiger partial charge in [0, 0.05) is 11.7 Å². The van der Waals surface area contributed by atoms with Crippen molar-refractivity contribution in [3.05, 3.63) is 30.3 Å². The molecule has 0 unspecified atom stereocenters. The Hall–Kier alpha value is -2.04. The van der Waals surface area contributed by atoms with Crippen molar-refractivity contribution in [2.45, 2.75) is 31.8 Å². The average molecular weight is 247 g/mol. The number of carbonyl (C=O) groups excluding carboxylic acids is 2. The lowest BCUT2D eigenvalue weighted by atomic mass is 10.3. The molecule has 2 rings (SSSR count). The molecule has 0 spiro atoms. The smallest absolute Gasteiger partial charge is 0.319 e. The average Bonchev–Trinajstić information content (AvgIpc) is 3.14. The van der Waals surface area contributed by atoms with Gasteiger partial charge in [0.25, 0.3) is 0 Å². The summed E-state index contributed by atoms with van der Waals surface area (Å²) in [5.74, 6) is -0.138. The third-order valence-electron chi connectivity index (χ3n) is 2.70. The fraction of sp³-hybridized carbons (Fsp3) is 0.385. The standard InChI is InChI=1S/C13H17N3O2/c1-9(12(17)15-11-7-8-11)14-13(18)16-10-5-3-2-4-6-10/h2-6,9,11H,7-8H2,1H3,(H,15,17)(H2,14,16,18)/t9-/m1/s1. The SMILES string of the molecule is C[C@@H](NC(=O)Nc1ccccc1)C(=O)NC1CC1. The number of urea groups is 1. The fourth-order valence-electron chi connectivity index (χ4n) is 1.50. The highest BCUT2D eigenvalue weighted by atomic mass is 16.2. The van der Waals surface area contributed by atoms with Crippen molar-refractivity contribution in [1.29, 1.82) is 0 Å². The Bertz CT molecular complexity index is 429. The van der Waals surface area contributed by atoms with Crippen LogP contribution in [0.4, 0.5) is 10.5 Å². The van der Waals surface area contributed by atoms with Gasteiger partial charge in [-0.25, -0.2) is 4.79 Å². The first-order chi connectivity index (χ1) is 8.65. The summed E-state index contributed by atoms with van der Waals surface area (Å²) < 4.78 is 0. The number of nitrogens with one attached hydrogen (secondary N) is 3. The predicted molar refractivity (Wildman–Crippen MR) is 69.2 cm³/mol. The second-order valence-electron chi connectivity index (χ2n) is 4.47. The van der Waals surface area contributed by atoms with Crippen molar-refractivity contribution in [3.8, 4) is 0 Å². The molecule has 1 fully saturated rings. The van der Waals surface area contributed by atoms with E-state index in [2.05, 4.69) is 16.0 Å². The molecule has 0 radical (unpaired) electrons. The minimum Gasteiger partial charge on any atom is -0.352 e. The van der Waals surface area contributed by atoms with Crippen LogP contribution >= 0.6 is 0 Å². The second-order valence-corrected chi connectivity index (χ2v) is 4.47. The molecule has 5 nitrogen and oxygen atoms in total. The van der Waals surface area contributed by atoms with Crippen LogP contribution in [0.2, 0.25) is 0 Å². The molecule has 1 aromatic carbocycles. The molecule has 0 bridgehead atoms. The van der Waals surface area contributed by atoms with E-state index >= 15 is 0 Å². The zero-order chi connectivity index (χ0) is 13.0. The van der Waals surface area contributed by atoms with Crippen LogP contribution in [0.1, 0.15) is 19.8 Å². The third-order valence-corrected chi connectivity index (χ3v) is 2.70. The maximum atomic E-state index is 11.6. The minimum atomic E-state index is -0.533. The van der Waals surface area contributed by atoms with Crippen LogP contribution in [0, 0.1) is 0 Å². The zero-order valence-corrected chi connectivity index (χ0v) is 10.3. The maximum absolute atomic E-state index is 11.6. The van der Waals surface area contributed by atoms with Gasteiger partial charge in [-0.1, -0.05) is 18.2 Å². The van der Waals surface area contributed by atoms with E-state index in [9.17, 15) is 9.59 Å². The number of para-hydroxylation sites is 1. The maximum Gasteiger partial charge on any atom is 0.319 e. The van der Waals surface area contributed by atoms with Gasteiger partial charge in [-0.2, -0.15) is 0 Å². The molecule has 0 saturated heterocycles. The third kappa shape index (κ3) is 3.76. The van der Waals surface area contributed by atoms with Crippen molar-refractivity contribution in [2.75, 3.05) is 5.32 Å². The minimum absolute atomic E-state index is 0.138. The van der Waals surface area contributed by atoms with Gasteiger partial charge in [0.05, 0.1) is 0 Å². The molecule has 5 heteroatoms. The Balaban J connectivity index is 1.77. The van der Waals surface area contributed by atoms with Crippen LogP contribution in [0.15, 0.2) is 30.3 Å². The summed E-state index contributed by atoms with van der Waals surface area (Å²) in [4.78, 5) is 23.3. The van der Waals surface area contributed by atoms with Gasteiger partial charge in [0.1, 0.15) is 6.04 Å². The summed E-state index contributed by atoms with van der Waals surface area (Å²) in [5, 5.41) is 8.11. The molecule has 1 aliphatic carbocycles. The van der Waals surface area contributed by atoms with E-state index in [1.807, 2.05) is 18.2 Å². The fourth-order valence-corrected chi connectivity index (χ4v) is 1.50. The summed E-state index contributed by atoms with van der Waals surface area (Å²) >= 11 is 0. The molecular formula is C13H17N3O2. The molecule has 1 atom stereocenters. The van der Waals surface area contributed by atoms with E-state index in [-0.39, 0.29) is 11.9 Å². The molecule has 18 heavy (non-hydrogen) atoms. The van der Waals surface area contributed by atoms with E-state index in [0.717, 1.165) is 12.8 Å². The lowest BCUT2D eigenvalue weighted by Crippen LogP contribution is -2.46. The second kappa shape index (κ2) is 5.53. The molecule has 0 heterocycles. The molecule has 0 aromatic heterocycles. The molecule has 1 aromatic rings. The molecule has 1 aliphatic rings. The summed E-state index contributed by atoms with van der Waals surface area (Å²) in [7, 11) is 0. The Morgan fingerprint density at radius 3 is 2.50 bits per heavy atom. The van der Waals surface area contributed by atoms with Gasteiger partial charge in [-0.3, -0.25) is 4.79 Å². The van der Waals surface area contributed by atoms with Gasteiger partial charge in [0.2, 0.25) is 5.91 Å². The lowest BCUT2D eigenvalue weighted by molar-refractivity contribution is -0.122. The number of hydrogen-bond donors (Lipinski definition) is 3. The highest BCUT2D eigenvalue weighted by Gasteiger charge is 2.26. The monoisotopic (exact) mass is 247 g/mol.